The van der Waals surface area contributed by atoms with Crippen LogP contribution in [0, 0.1) is 11.6 Å². The largest absolute Gasteiger partial charge is 0.481 e. The maximum Gasteiger partial charge on any atom is 0.265 e. The van der Waals surface area contributed by atoms with E-state index in [4.69, 9.17) is 4.74 Å². The highest BCUT2D eigenvalue weighted by Gasteiger charge is 2.16. The lowest BCUT2D eigenvalue weighted by Crippen LogP contribution is -2.30. The second-order valence-corrected chi connectivity index (χ2v) is 5.35. The predicted octanol–water partition coefficient (Wildman–Crippen LogP) is 4.52. The van der Waals surface area contributed by atoms with Crippen LogP contribution in [-0.4, -0.2) is 12.0 Å². The van der Waals surface area contributed by atoms with E-state index in [2.05, 4.69) is 5.32 Å². The van der Waals surface area contributed by atoms with Crippen LogP contribution >= 0.6 is 0 Å². The monoisotopic (exact) mass is 327 g/mol. The minimum atomic E-state index is -1.02. The Morgan fingerprint density at radius 2 is 1.75 bits per heavy atom. The number of carbonyl (C=O) groups is 1. The number of nitrogens with one attached hydrogen (secondary N) is 1. The molecule has 0 fully saturated rings. The summed E-state index contributed by atoms with van der Waals surface area (Å²) in [5.41, 5.74) is 0.666. The van der Waals surface area contributed by atoms with E-state index in [1.807, 2.05) is 36.4 Å². The fourth-order valence-electron chi connectivity index (χ4n) is 2.38. The van der Waals surface area contributed by atoms with E-state index in [0.717, 1.165) is 22.9 Å². The lowest BCUT2D eigenvalue weighted by atomic mass is 10.1. The highest BCUT2D eigenvalue weighted by molar-refractivity contribution is 6.03. The van der Waals surface area contributed by atoms with Crippen LogP contribution < -0.4 is 10.1 Å². The van der Waals surface area contributed by atoms with Crippen LogP contribution in [0.5, 0.6) is 5.75 Å². The van der Waals surface area contributed by atoms with Crippen molar-refractivity contribution in [3.8, 4) is 5.75 Å². The van der Waals surface area contributed by atoms with E-state index in [1.165, 1.54) is 6.07 Å². The van der Waals surface area contributed by atoms with Crippen molar-refractivity contribution in [1.82, 2.24) is 0 Å². The first-order chi connectivity index (χ1) is 11.5. The van der Waals surface area contributed by atoms with Crippen molar-refractivity contribution in [1.29, 1.82) is 0 Å². The molecule has 0 aliphatic carbocycles. The molecule has 1 amide bonds. The molecule has 122 valence electrons. The predicted molar refractivity (Wildman–Crippen MR) is 89.0 cm³/mol. The lowest BCUT2D eigenvalue weighted by molar-refractivity contribution is -0.122. The van der Waals surface area contributed by atoms with E-state index in [0.29, 0.717) is 5.69 Å². The maximum absolute atomic E-state index is 13.2. The quantitative estimate of drug-likeness (QED) is 0.765. The molecule has 0 saturated carbocycles. The van der Waals surface area contributed by atoms with Gasteiger partial charge < -0.3 is 10.1 Å². The average Bonchev–Trinajstić information content (AvgIpc) is 2.58. The summed E-state index contributed by atoms with van der Waals surface area (Å²) in [7, 11) is 0. The fraction of sp³-hybridized carbons (Fsp3) is 0.105. The van der Waals surface area contributed by atoms with Gasteiger partial charge in [-0.25, -0.2) is 8.78 Å². The minimum absolute atomic E-state index is 0.0921. The molecule has 0 aromatic heterocycles. The van der Waals surface area contributed by atoms with Gasteiger partial charge in [0.1, 0.15) is 5.75 Å². The number of anilines is 1. The molecule has 24 heavy (non-hydrogen) atoms. The molecule has 0 heterocycles. The Labute approximate surface area is 137 Å². The zero-order valence-electron chi connectivity index (χ0n) is 12.9. The van der Waals surface area contributed by atoms with Gasteiger partial charge in [0.05, 0.1) is 0 Å². The second kappa shape index (κ2) is 6.66. The third-order valence-corrected chi connectivity index (χ3v) is 3.62. The van der Waals surface area contributed by atoms with Crippen LogP contribution in [0.4, 0.5) is 14.5 Å². The Balaban J connectivity index is 1.75. The van der Waals surface area contributed by atoms with E-state index in [1.54, 1.807) is 13.0 Å². The van der Waals surface area contributed by atoms with Crippen molar-refractivity contribution < 1.29 is 18.3 Å². The average molecular weight is 327 g/mol. The standard InChI is InChI=1S/C19H15F2NO2/c1-12(24-14-9-10-16(20)17(21)11-14)19(23)22-18-8-4-6-13-5-2-3-7-15(13)18/h2-12H,1H3,(H,22,23). The van der Waals surface area contributed by atoms with Crippen LogP contribution in [0.25, 0.3) is 10.8 Å². The van der Waals surface area contributed by atoms with E-state index < -0.39 is 17.7 Å². The number of benzene rings is 3. The maximum atomic E-state index is 13.2. The first-order valence-corrected chi connectivity index (χ1v) is 7.45. The van der Waals surface area contributed by atoms with Crippen molar-refractivity contribution >= 4 is 22.4 Å². The molecule has 0 aliphatic rings. The van der Waals surface area contributed by atoms with Crippen molar-refractivity contribution in [3.05, 3.63) is 72.3 Å². The Morgan fingerprint density at radius 1 is 1.00 bits per heavy atom. The summed E-state index contributed by atoms with van der Waals surface area (Å²) >= 11 is 0. The Kier molecular flexibility index (Phi) is 4.42. The topological polar surface area (TPSA) is 38.3 Å². The first-order valence-electron chi connectivity index (χ1n) is 7.45. The molecule has 1 atom stereocenters. The molecule has 0 aliphatic heterocycles. The van der Waals surface area contributed by atoms with Gasteiger partial charge in [-0.05, 0) is 30.5 Å². The highest BCUT2D eigenvalue weighted by Crippen LogP contribution is 2.23. The summed E-state index contributed by atoms with van der Waals surface area (Å²) < 4.78 is 31.5. The molecule has 3 aromatic carbocycles. The summed E-state index contributed by atoms with van der Waals surface area (Å²) in [6.07, 6.45) is -0.867. The van der Waals surface area contributed by atoms with Crippen LogP contribution in [0.2, 0.25) is 0 Å². The van der Waals surface area contributed by atoms with Gasteiger partial charge in [0.2, 0.25) is 0 Å². The SMILES string of the molecule is CC(Oc1ccc(F)c(F)c1)C(=O)Nc1cccc2ccccc12. The fourth-order valence-corrected chi connectivity index (χ4v) is 2.38. The molecular weight excluding hydrogens is 312 g/mol. The molecule has 3 rings (SSSR count). The molecule has 0 saturated heterocycles. The summed E-state index contributed by atoms with van der Waals surface area (Å²) in [5, 5.41) is 4.71. The minimum Gasteiger partial charge on any atom is -0.481 e. The highest BCUT2D eigenvalue weighted by atomic mass is 19.2. The van der Waals surface area contributed by atoms with Gasteiger partial charge >= 0.3 is 0 Å². The van der Waals surface area contributed by atoms with E-state index in [-0.39, 0.29) is 11.7 Å². The molecule has 0 bridgehead atoms. The number of hydrogen-bond acceptors (Lipinski definition) is 2. The summed E-state index contributed by atoms with van der Waals surface area (Å²) in [6.45, 7) is 1.54. The second-order valence-electron chi connectivity index (χ2n) is 5.35. The number of halogens is 2. The van der Waals surface area contributed by atoms with Gasteiger partial charge in [-0.15, -0.1) is 0 Å². The van der Waals surface area contributed by atoms with Crippen LogP contribution in [-0.2, 0) is 4.79 Å². The van der Waals surface area contributed by atoms with Crippen molar-refractivity contribution in [2.24, 2.45) is 0 Å². The Hall–Kier alpha value is -2.95. The van der Waals surface area contributed by atoms with Crippen LogP contribution in [0.3, 0.4) is 0 Å². The smallest absolute Gasteiger partial charge is 0.265 e. The molecule has 3 aromatic rings. The van der Waals surface area contributed by atoms with Crippen LogP contribution in [0.1, 0.15) is 6.92 Å². The van der Waals surface area contributed by atoms with E-state index >= 15 is 0 Å². The van der Waals surface area contributed by atoms with Gasteiger partial charge in [0, 0.05) is 17.1 Å². The molecule has 1 unspecified atom stereocenters. The van der Waals surface area contributed by atoms with Crippen molar-refractivity contribution in [2.75, 3.05) is 5.32 Å². The number of hydrogen-bond donors (Lipinski definition) is 1. The number of carbonyl (C=O) groups excluding carboxylic acids is 1. The zero-order chi connectivity index (χ0) is 17.1. The van der Waals surface area contributed by atoms with Gasteiger partial charge in [0.15, 0.2) is 17.7 Å². The van der Waals surface area contributed by atoms with Gasteiger partial charge in [0.25, 0.3) is 5.91 Å². The normalized spacial score (nSPS) is 12.0. The van der Waals surface area contributed by atoms with Gasteiger partial charge in [-0.3, -0.25) is 4.79 Å². The van der Waals surface area contributed by atoms with Gasteiger partial charge in [-0.2, -0.15) is 0 Å². The summed E-state index contributed by atoms with van der Waals surface area (Å²) in [4.78, 5) is 12.3. The Bertz CT molecular complexity index is 890. The summed E-state index contributed by atoms with van der Waals surface area (Å²) in [6, 6.07) is 16.4. The lowest BCUT2D eigenvalue weighted by Gasteiger charge is -2.16. The molecule has 0 radical (unpaired) electrons. The number of fused-ring (bicyclic) bond motifs is 1. The van der Waals surface area contributed by atoms with Crippen molar-refractivity contribution in [3.63, 3.8) is 0 Å². The summed E-state index contributed by atoms with van der Waals surface area (Å²) in [5.74, 6) is -2.27. The third-order valence-electron chi connectivity index (χ3n) is 3.62. The molecule has 0 spiro atoms. The van der Waals surface area contributed by atoms with Crippen LogP contribution in [0.15, 0.2) is 60.7 Å². The number of amides is 1. The molecule has 5 heteroatoms. The van der Waals surface area contributed by atoms with Crippen molar-refractivity contribution in [2.45, 2.75) is 13.0 Å². The molecule has 3 nitrogen and oxygen atoms in total. The first kappa shape index (κ1) is 15.9. The molecule has 1 N–H and O–H groups in total. The number of ether oxygens (including phenoxy) is 1. The molecular formula is C19H15F2NO2. The van der Waals surface area contributed by atoms with E-state index in [9.17, 15) is 13.6 Å². The zero-order valence-corrected chi connectivity index (χ0v) is 12.9. The number of rotatable bonds is 4. The van der Waals surface area contributed by atoms with Gasteiger partial charge in [-0.1, -0.05) is 36.4 Å². The third kappa shape index (κ3) is 3.35. The Morgan fingerprint density at radius 3 is 2.54 bits per heavy atom.